The van der Waals surface area contributed by atoms with E-state index in [0.717, 1.165) is 27.9 Å². The van der Waals surface area contributed by atoms with Crippen LogP contribution in [0.15, 0.2) is 30.6 Å². The molecule has 3 rings (SSSR count). The van der Waals surface area contributed by atoms with Crippen LogP contribution in [0, 0.1) is 6.92 Å². The second-order valence-electron chi connectivity index (χ2n) is 6.11. The van der Waals surface area contributed by atoms with Gasteiger partial charge in [0.2, 0.25) is 0 Å². The molecule has 2 heterocycles. The molecule has 1 N–H and O–H groups in total. The number of hydrogen-bond donors (Lipinski definition) is 1. The van der Waals surface area contributed by atoms with Gasteiger partial charge in [0, 0.05) is 34.8 Å². The highest BCUT2D eigenvalue weighted by Crippen LogP contribution is 2.36. The molecule has 6 nitrogen and oxygen atoms in total. The average molecular weight is 340 g/mol. The molecule has 3 aromatic rings. The summed E-state index contributed by atoms with van der Waals surface area (Å²) >= 11 is 0. The third kappa shape index (κ3) is 3.33. The Morgan fingerprint density at radius 1 is 1.12 bits per heavy atom. The zero-order chi connectivity index (χ0) is 18.7. The minimum absolute atomic E-state index is 0.192. The van der Waals surface area contributed by atoms with Crippen molar-refractivity contribution in [2.75, 3.05) is 19.5 Å². The Balaban J connectivity index is 2.11. The van der Waals surface area contributed by atoms with Crippen LogP contribution in [-0.4, -0.2) is 35.4 Å². The minimum Gasteiger partial charge on any atom is -0.493 e. The number of aryl methyl sites for hydroxylation is 1. The lowest BCUT2D eigenvalue weighted by molar-refractivity contribution is 0.356. The van der Waals surface area contributed by atoms with Crippen molar-refractivity contribution in [3.05, 3.63) is 36.2 Å². The van der Waals surface area contributed by atoms with Gasteiger partial charge in [-0.2, -0.15) is 10.2 Å². The number of benzene rings is 1. The summed E-state index contributed by atoms with van der Waals surface area (Å²) < 4.78 is 18.0. The third-order valence-electron chi connectivity index (χ3n) is 3.89. The highest BCUT2D eigenvalue weighted by molar-refractivity contribution is 5.95. The number of pyridine rings is 1. The zero-order valence-electron chi connectivity index (χ0n) is 15.8. The summed E-state index contributed by atoms with van der Waals surface area (Å²) in [4.78, 5) is 4.55. The van der Waals surface area contributed by atoms with Gasteiger partial charge in [0.25, 0.3) is 0 Å². The van der Waals surface area contributed by atoms with Gasteiger partial charge < -0.3 is 14.8 Å². The summed E-state index contributed by atoms with van der Waals surface area (Å²) in [7, 11) is 1.38. The fraction of sp³-hybridized carbons (Fsp3) is 0.316. The first kappa shape index (κ1) is 15.6. The normalized spacial score (nSPS) is 11.5. The summed E-state index contributed by atoms with van der Waals surface area (Å²) in [5.41, 5.74) is 3.60. The van der Waals surface area contributed by atoms with Crippen LogP contribution in [0.4, 0.5) is 5.82 Å². The summed E-state index contributed by atoms with van der Waals surface area (Å²) in [6.07, 6.45) is 3.55. The van der Waals surface area contributed by atoms with Gasteiger partial charge in [0.15, 0.2) is 11.5 Å². The number of fused-ring (bicyclic) bond motifs is 1. The van der Waals surface area contributed by atoms with E-state index in [1.165, 1.54) is 0 Å². The first-order chi connectivity index (χ1) is 12.5. The minimum atomic E-state index is -0.192. The van der Waals surface area contributed by atoms with Crippen molar-refractivity contribution in [1.29, 1.82) is 0 Å². The molecule has 0 radical (unpaired) electrons. The van der Waals surface area contributed by atoms with E-state index in [1.54, 1.807) is 19.4 Å². The van der Waals surface area contributed by atoms with Crippen molar-refractivity contribution < 1.29 is 10.8 Å². The molecule has 0 aliphatic carbocycles. The maximum absolute atomic E-state index is 7.26. The molecule has 1 aromatic carbocycles. The predicted molar refractivity (Wildman–Crippen MR) is 99.4 cm³/mol. The zero-order valence-corrected chi connectivity index (χ0v) is 14.8. The summed E-state index contributed by atoms with van der Waals surface area (Å²) in [5.74, 6) is 1.91. The molecule has 0 fully saturated rings. The molecular formula is C19H22N4O2. The van der Waals surface area contributed by atoms with Gasteiger partial charge in [0.1, 0.15) is 5.82 Å². The van der Waals surface area contributed by atoms with Crippen molar-refractivity contribution in [2.45, 2.75) is 26.8 Å². The van der Waals surface area contributed by atoms with Crippen LogP contribution in [0.25, 0.3) is 22.0 Å². The molecule has 130 valence electrons. The second kappa shape index (κ2) is 6.93. The Morgan fingerprint density at radius 3 is 2.60 bits per heavy atom. The molecule has 0 spiro atoms. The van der Waals surface area contributed by atoms with Crippen LogP contribution < -0.4 is 14.8 Å². The number of nitrogens with zero attached hydrogens (tertiary/aromatic N) is 3. The van der Waals surface area contributed by atoms with E-state index in [4.69, 9.17) is 10.8 Å². The van der Waals surface area contributed by atoms with E-state index < -0.39 is 0 Å². The molecule has 0 unspecified atom stereocenters. The van der Waals surface area contributed by atoms with Crippen molar-refractivity contribution in [3.63, 3.8) is 0 Å². The van der Waals surface area contributed by atoms with Crippen molar-refractivity contribution >= 4 is 16.7 Å². The highest BCUT2D eigenvalue weighted by Gasteiger charge is 2.13. The van der Waals surface area contributed by atoms with Crippen LogP contribution in [0.2, 0.25) is 0 Å². The second-order valence-corrected chi connectivity index (χ2v) is 6.11. The SMILES string of the molecule is [3H]COc1cc2nncc(-c3cnc(NC(C)C)c(C)c3)c2cc1OC. The van der Waals surface area contributed by atoms with E-state index in [0.29, 0.717) is 23.1 Å². The summed E-state index contributed by atoms with van der Waals surface area (Å²) in [6, 6.07) is 6.00. The van der Waals surface area contributed by atoms with Crippen LogP contribution in [-0.2, 0) is 0 Å². The van der Waals surface area contributed by atoms with Gasteiger partial charge in [0.05, 0.1) is 27.3 Å². The Hall–Kier alpha value is -2.89. The quantitative estimate of drug-likeness (QED) is 0.761. The molecular weight excluding hydrogens is 316 g/mol. The van der Waals surface area contributed by atoms with Crippen LogP contribution >= 0.6 is 0 Å². The van der Waals surface area contributed by atoms with Gasteiger partial charge >= 0.3 is 0 Å². The van der Waals surface area contributed by atoms with E-state index in [-0.39, 0.29) is 7.09 Å². The van der Waals surface area contributed by atoms with Crippen molar-refractivity contribution in [3.8, 4) is 22.6 Å². The summed E-state index contributed by atoms with van der Waals surface area (Å²) in [6.45, 7) is 6.19. The molecule has 0 aliphatic rings. The highest BCUT2D eigenvalue weighted by atomic mass is 16.5. The number of aromatic nitrogens is 3. The van der Waals surface area contributed by atoms with Crippen molar-refractivity contribution in [1.82, 2.24) is 15.2 Å². The Kier molecular flexibility index (Phi) is 4.33. The summed E-state index contributed by atoms with van der Waals surface area (Å²) in [5, 5.41) is 12.5. The number of anilines is 1. The monoisotopic (exact) mass is 340 g/mol. The topological polar surface area (TPSA) is 69.2 Å². The molecule has 0 aliphatic heterocycles. The molecule has 25 heavy (non-hydrogen) atoms. The van der Waals surface area contributed by atoms with Gasteiger partial charge in [-0.1, -0.05) is 0 Å². The molecule has 0 saturated heterocycles. The molecule has 0 saturated carbocycles. The Morgan fingerprint density at radius 2 is 1.92 bits per heavy atom. The van der Waals surface area contributed by atoms with E-state index in [1.807, 2.05) is 19.2 Å². The Bertz CT molecular complexity index is 931. The molecule has 0 bridgehead atoms. The van der Waals surface area contributed by atoms with Gasteiger partial charge in [-0.25, -0.2) is 4.98 Å². The van der Waals surface area contributed by atoms with E-state index in [2.05, 4.69) is 40.4 Å². The number of ether oxygens (including phenoxy) is 2. The first-order valence-electron chi connectivity index (χ1n) is 8.73. The molecule has 2 aromatic heterocycles. The van der Waals surface area contributed by atoms with E-state index in [9.17, 15) is 0 Å². The number of hydrogen-bond acceptors (Lipinski definition) is 6. The molecule has 0 atom stereocenters. The van der Waals surface area contributed by atoms with Gasteiger partial charge in [-0.15, -0.1) is 0 Å². The fourth-order valence-electron chi connectivity index (χ4n) is 2.72. The average Bonchev–Trinajstić information content (AvgIpc) is 2.62. The standard InChI is InChI=1S/C19H22N4O2/c1-11(2)22-19-12(3)6-13(9-20-19)15-10-21-23-16-8-18(25-5)17(24-4)7-14(15)16/h6-11H,1-5H3,(H,20,22)/i5T. The number of rotatable bonds is 5. The lowest BCUT2D eigenvalue weighted by atomic mass is 10.0. The van der Waals surface area contributed by atoms with Crippen LogP contribution in [0.5, 0.6) is 11.5 Å². The van der Waals surface area contributed by atoms with Crippen molar-refractivity contribution in [2.24, 2.45) is 0 Å². The van der Waals surface area contributed by atoms with Gasteiger partial charge in [-0.3, -0.25) is 0 Å². The maximum atomic E-state index is 7.26. The lowest BCUT2D eigenvalue weighted by Gasteiger charge is -2.14. The van der Waals surface area contributed by atoms with Crippen LogP contribution in [0.3, 0.4) is 0 Å². The van der Waals surface area contributed by atoms with Gasteiger partial charge in [-0.05, 0) is 38.5 Å². The van der Waals surface area contributed by atoms with Crippen LogP contribution in [0.1, 0.15) is 20.8 Å². The third-order valence-corrected chi connectivity index (χ3v) is 3.89. The maximum Gasteiger partial charge on any atom is 0.162 e. The largest absolute Gasteiger partial charge is 0.493 e. The number of nitrogens with one attached hydrogen (secondary N) is 1. The fourth-order valence-corrected chi connectivity index (χ4v) is 2.72. The number of methoxy groups -OCH3 is 2. The molecule has 6 heteroatoms. The first-order valence-corrected chi connectivity index (χ1v) is 8.02. The predicted octanol–water partition coefficient (Wildman–Crippen LogP) is 3.84. The van der Waals surface area contributed by atoms with E-state index >= 15 is 0 Å². The lowest BCUT2D eigenvalue weighted by Crippen LogP contribution is -2.12. The Labute approximate surface area is 148 Å². The smallest absolute Gasteiger partial charge is 0.162 e. The molecule has 0 amide bonds.